The van der Waals surface area contributed by atoms with E-state index in [1.165, 1.54) is 5.56 Å². The second-order valence-corrected chi connectivity index (χ2v) is 7.92. The lowest BCUT2D eigenvalue weighted by Gasteiger charge is -2.44. The zero-order valence-electron chi connectivity index (χ0n) is 17.0. The van der Waals surface area contributed by atoms with E-state index in [0.717, 1.165) is 38.6 Å². The van der Waals surface area contributed by atoms with Gasteiger partial charge in [-0.3, -0.25) is 9.59 Å². The highest BCUT2D eigenvalue weighted by atomic mass is 16.5. The van der Waals surface area contributed by atoms with Gasteiger partial charge in [0, 0.05) is 19.6 Å². The van der Waals surface area contributed by atoms with Gasteiger partial charge in [0.1, 0.15) is 11.3 Å². The minimum Gasteiger partial charge on any atom is -0.496 e. The minimum atomic E-state index is -0.702. The van der Waals surface area contributed by atoms with Crippen molar-refractivity contribution in [2.45, 2.75) is 37.6 Å². The molecule has 2 saturated heterocycles. The maximum absolute atomic E-state index is 13.6. The summed E-state index contributed by atoms with van der Waals surface area (Å²) in [6, 6.07) is 17.5. The number of hydrogen-bond donors (Lipinski definition) is 0. The van der Waals surface area contributed by atoms with E-state index in [0.29, 0.717) is 24.4 Å². The number of para-hydroxylation sites is 1. The number of likely N-dealkylation sites (tertiary alicyclic amines) is 2. The normalized spacial score (nSPS) is 21.6. The fourth-order valence-electron chi connectivity index (χ4n) is 4.81. The summed E-state index contributed by atoms with van der Waals surface area (Å²) in [5.41, 5.74) is 1.06. The number of nitrogens with zero attached hydrogens (tertiary/aromatic N) is 2. The van der Waals surface area contributed by atoms with Crippen LogP contribution in [0.15, 0.2) is 54.6 Å². The number of methoxy groups -OCH3 is 1. The van der Waals surface area contributed by atoms with E-state index < -0.39 is 5.54 Å². The SMILES string of the molecule is COc1ccccc1C(=O)N1CCCC12CCCN(CCc1ccccc1)C2=O. The lowest BCUT2D eigenvalue weighted by Crippen LogP contribution is -2.61. The van der Waals surface area contributed by atoms with Crippen molar-refractivity contribution in [3.05, 3.63) is 65.7 Å². The van der Waals surface area contributed by atoms with E-state index in [1.807, 2.05) is 40.1 Å². The summed E-state index contributed by atoms with van der Waals surface area (Å²) in [7, 11) is 1.57. The second kappa shape index (κ2) is 8.27. The van der Waals surface area contributed by atoms with Crippen molar-refractivity contribution in [2.24, 2.45) is 0 Å². The molecule has 5 heteroatoms. The zero-order chi connectivity index (χ0) is 20.3. The summed E-state index contributed by atoms with van der Waals surface area (Å²) in [5, 5.41) is 0. The van der Waals surface area contributed by atoms with Crippen molar-refractivity contribution in [2.75, 3.05) is 26.7 Å². The molecule has 5 nitrogen and oxygen atoms in total. The molecular weight excluding hydrogens is 364 g/mol. The summed E-state index contributed by atoms with van der Waals surface area (Å²) >= 11 is 0. The summed E-state index contributed by atoms with van der Waals surface area (Å²) < 4.78 is 5.39. The van der Waals surface area contributed by atoms with Gasteiger partial charge in [-0.2, -0.15) is 0 Å². The van der Waals surface area contributed by atoms with Gasteiger partial charge in [-0.15, -0.1) is 0 Å². The van der Waals surface area contributed by atoms with Crippen LogP contribution in [0.1, 0.15) is 41.6 Å². The topological polar surface area (TPSA) is 49.9 Å². The van der Waals surface area contributed by atoms with Crippen molar-refractivity contribution in [1.29, 1.82) is 0 Å². The maximum Gasteiger partial charge on any atom is 0.258 e. The molecule has 4 rings (SSSR count). The van der Waals surface area contributed by atoms with Crippen LogP contribution in [0.2, 0.25) is 0 Å². The maximum atomic E-state index is 13.6. The third-order valence-corrected chi connectivity index (χ3v) is 6.29. The van der Waals surface area contributed by atoms with Gasteiger partial charge in [-0.05, 0) is 49.8 Å². The Morgan fingerprint density at radius 3 is 2.45 bits per heavy atom. The molecule has 0 saturated carbocycles. The summed E-state index contributed by atoms with van der Waals surface area (Å²) in [4.78, 5) is 30.8. The first kappa shape index (κ1) is 19.5. The first-order chi connectivity index (χ1) is 14.2. The van der Waals surface area contributed by atoms with Crippen LogP contribution in [0.25, 0.3) is 0 Å². The Hall–Kier alpha value is -2.82. The molecule has 152 valence electrons. The number of benzene rings is 2. The number of ether oxygens (including phenoxy) is 1. The highest BCUT2D eigenvalue weighted by molar-refractivity contribution is 6.01. The van der Waals surface area contributed by atoms with Crippen LogP contribution >= 0.6 is 0 Å². The van der Waals surface area contributed by atoms with E-state index in [-0.39, 0.29) is 11.8 Å². The van der Waals surface area contributed by atoms with E-state index in [2.05, 4.69) is 12.1 Å². The molecular formula is C24H28N2O3. The van der Waals surface area contributed by atoms with E-state index in [1.54, 1.807) is 19.2 Å². The Kier molecular flexibility index (Phi) is 5.56. The lowest BCUT2D eigenvalue weighted by atomic mass is 9.84. The van der Waals surface area contributed by atoms with Crippen molar-refractivity contribution >= 4 is 11.8 Å². The predicted molar refractivity (Wildman–Crippen MR) is 112 cm³/mol. The lowest BCUT2D eigenvalue weighted by molar-refractivity contribution is -0.145. The van der Waals surface area contributed by atoms with Gasteiger partial charge in [0.15, 0.2) is 0 Å². The molecule has 0 bridgehead atoms. The van der Waals surface area contributed by atoms with Crippen molar-refractivity contribution < 1.29 is 14.3 Å². The first-order valence-corrected chi connectivity index (χ1v) is 10.4. The summed E-state index contributed by atoms with van der Waals surface area (Å²) in [6.45, 7) is 2.08. The summed E-state index contributed by atoms with van der Waals surface area (Å²) in [5.74, 6) is 0.572. The van der Waals surface area contributed by atoms with E-state index in [9.17, 15) is 9.59 Å². The number of carbonyl (C=O) groups is 2. The average Bonchev–Trinajstić information content (AvgIpc) is 3.19. The van der Waals surface area contributed by atoms with Gasteiger partial charge in [-0.25, -0.2) is 0 Å². The minimum absolute atomic E-state index is 0.0989. The van der Waals surface area contributed by atoms with Gasteiger partial charge < -0.3 is 14.5 Å². The molecule has 29 heavy (non-hydrogen) atoms. The molecule has 2 amide bonds. The molecule has 0 radical (unpaired) electrons. The molecule has 0 aliphatic carbocycles. The van der Waals surface area contributed by atoms with E-state index in [4.69, 9.17) is 4.74 Å². The van der Waals surface area contributed by atoms with Crippen molar-refractivity contribution in [1.82, 2.24) is 9.80 Å². The van der Waals surface area contributed by atoms with Gasteiger partial charge in [0.2, 0.25) is 5.91 Å². The fourth-order valence-corrected chi connectivity index (χ4v) is 4.81. The molecule has 2 aliphatic rings. The Bertz CT molecular complexity index is 883. The molecule has 1 spiro atoms. The average molecular weight is 392 g/mol. The fraction of sp³-hybridized carbons (Fsp3) is 0.417. The smallest absolute Gasteiger partial charge is 0.258 e. The number of hydrogen-bond acceptors (Lipinski definition) is 3. The zero-order valence-corrected chi connectivity index (χ0v) is 17.0. The number of amides is 2. The molecule has 2 aromatic carbocycles. The van der Waals surface area contributed by atoms with Gasteiger partial charge >= 0.3 is 0 Å². The monoisotopic (exact) mass is 392 g/mol. The first-order valence-electron chi connectivity index (χ1n) is 10.4. The second-order valence-electron chi connectivity index (χ2n) is 7.92. The number of piperidine rings is 1. The number of rotatable bonds is 5. The van der Waals surface area contributed by atoms with Crippen molar-refractivity contribution in [3.63, 3.8) is 0 Å². The van der Waals surface area contributed by atoms with Crippen molar-refractivity contribution in [3.8, 4) is 5.75 Å². The Labute approximate surface area is 172 Å². The van der Waals surface area contributed by atoms with Crippen LogP contribution in [0.5, 0.6) is 5.75 Å². The van der Waals surface area contributed by atoms with Gasteiger partial charge in [0.05, 0.1) is 12.7 Å². The van der Waals surface area contributed by atoms with E-state index >= 15 is 0 Å². The van der Waals surface area contributed by atoms with Crippen LogP contribution in [-0.2, 0) is 11.2 Å². The molecule has 1 atom stereocenters. The van der Waals surface area contributed by atoms with Crippen LogP contribution in [0.4, 0.5) is 0 Å². The van der Waals surface area contributed by atoms with Crippen LogP contribution in [0, 0.1) is 0 Å². The van der Waals surface area contributed by atoms with Crippen LogP contribution in [-0.4, -0.2) is 53.9 Å². The Morgan fingerprint density at radius 1 is 1.00 bits per heavy atom. The molecule has 2 fully saturated rings. The highest BCUT2D eigenvalue weighted by Crippen LogP contribution is 2.40. The molecule has 2 aliphatic heterocycles. The van der Waals surface area contributed by atoms with Gasteiger partial charge in [0.25, 0.3) is 5.91 Å². The van der Waals surface area contributed by atoms with Crippen LogP contribution in [0.3, 0.4) is 0 Å². The Morgan fingerprint density at radius 2 is 1.69 bits per heavy atom. The van der Waals surface area contributed by atoms with Crippen LogP contribution < -0.4 is 4.74 Å². The Balaban J connectivity index is 1.55. The molecule has 0 N–H and O–H groups in total. The standard InChI is InChI=1S/C24H28N2O3/c1-29-21-12-6-5-11-20(21)22(27)26-17-8-15-24(26)14-7-16-25(23(24)28)18-13-19-9-3-2-4-10-19/h2-6,9-12H,7-8,13-18H2,1H3. The largest absolute Gasteiger partial charge is 0.496 e. The summed E-state index contributed by atoms with van der Waals surface area (Å²) in [6.07, 6.45) is 4.11. The molecule has 2 heterocycles. The quantitative estimate of drug-likeness (QED) is 0.782. The highest BCUT2D eigenvalue weighted by Gasteiger charge is 2.52. The molecule has 1 unspecified atom stereocenters. The molecule has 0 aromatic heterocycles. The van der Waals surface area contributed by atoms with Gasteiger partial charge in [-0.1, -0.05) is 42.5 Å². The third-order valence-electron chi connectivity index (χ3n) is 6.29. The molecule has 2 aromatic rings. The number of carbonyl (C=O) groups excluding carboxylic acids is 2. The predicted octanol–water partition coefficient (Wildman–Crippen LogP) is 3.54. The third kappa shape index (κ3) is 3.61.